The van der Waals surface area contributed by atoms with Gasteiger partial charge in [-0.3, -0.25) is 4.79 Å². The maximum Gasteiger partial charge on any atom is 0.416 e. The van der Waals surface area contributed by atoms with Gasteiger partial charge in [-0.05, 0) is 49.2 Å². The Bertz CT molecular complexity index is 723. The van der Waals surface area contributed by atoms with E-state index in [0.29, 0.717) is 5.56 Å². The number of amides is 1. The zero-order valence-electron chi connectivity index (χ0n) is 11.9. The highest BCUT2D eigenvalue weighted by Gasteiger charge is 2.32. The second-order valence-electron chi connectivity index (χ2n) is 4.94. The van der Waals surface area contributed by atoms with Gasteiger partial charge >= 0.3 is 6.18 Å². The normalized spacial score (nSPS) is 11.4. The molecule has 0 atom stereocenters. The molecule has 0 aliphatic heterocycles. The second kappa shape index (κ2) is 5.79. The number of hydrogen-bond donors (Lipinski definition) is 1. The minimum atomic E-state index is -4.50. The maximum absolute atomic E-state index is 13.2. The fourth-order valence-electron chi connectivity index (χ4n) is 2.04. The predicted octanol–water partition coefficient (Wildman–Crippen LogP) is 4.71. The third-order valence-corrected chi connectivity index (χ3v) is 3.25. The van der Waals surface area contributed by atoms with Gasteiger partial charge in [-0.25, -0.2) is 4.39 Å². The molecule has 22 heavy (non-hydrogen) atoms. The van der Waals surface area contributed by atoms with Crippen molar-refractivity contribution in [1.29, 1.82) is 0 Å². The van der Waals surface area contributed by atoms with E-state index in [-0.39, 0.29) is 16.8 Å². The zero-order valence-corrected chi connectivity index (χ0v) is 11.9. The third-order valence-electron chi connectivity index (χ3n) is 3.25. The summed E-state index contributed by atoms with van der Waals surface area (Å²) in [5.41, 5.74) is -0.142. The van der Waals surface area contributed by atoms with Crippen LogP contribution in [-0.2, 0) is 6.18 Å². The standard InChI is InChI=1S/C16H13F4NO/c1-9-3-5-11(17)7-13(9)15(22)21-12-6-4-10(2)14(8-12)16(18,19)20/h3-8H,1-2H3,(H,21,22). The van der Waals surface area contributed by atoms with Gasteiger partial charge in [0, 0.05) is 11.3 Å². The molecule has 0 saturated carbocycles. The summed E-state index contributed by atoms with van der Waals surface area (Å²) in [4.78, 5) is 12.1. The average molecular weight is 311 g/mol. The SMILES string of the molecule is Cc1ccc(F)cc1C(=O)Nc1ccc(C)c(C(F)(F)F)c1. The summed E-state index contributed by atoms with van der Waals surface area (Å²) < 4.78 is 51.7. The van der Waals surface area contributed by atoms with Gasteiger partial charge in [0.2, 0.25) is 0 Å². The first-order chi connectivity index (χ1) is 10.2. The quantitative estimate of drug-likeness (QED) is 0.799. The first kappa shape index (κ1) is 16.0. The molecule has 0 fully saturated rings. The van der Waals surface area contributed by atoms with Crippen molar-refractivity contribution in [2.45, 2.75) is 20.0 Å². The summed E-state index contributed by atoms with van der Waals surface area (Å²) in [6.07, 6.45) is -4.50. The van der Waals surface area contributed by atoms with Crippen LogP contribution in [0.1, 0.15) is 27.0 Å². The monoisotopic (exact) mass is 311 g/mol. The summed E-state index contributed by atoms with van der Waals surface area (Å²) in [5.74, 6) is -1.25. The number of carbonyl (C=O) groups excluding carboxylic acids is 1. The van der Waals surface area contributed by atoms with Crippen molar-refractivity contribution in [3.8, 4) is 0 Å². The predicted molar refractivity (Wildman–Crippen MR) is 75.3 cm³/mol. The molecule has 2 rings (SSSR count). The fourth-order valence-corrected chi connectivity index (χ4v) is 2.04. The van der Waals surface area contributed by atoms with Crippen LogP contribution < -0.4 is 5.32 Å². The molecule has 0 spiro atoms. The van der Waals surface area contributed by atoms with Crippen LogP contribution in [0.25, 0.3) is 0 Å². The second-order valence-corrected chi connectivity index (χ2v) is 4.94. The van der Waals surface area contributed by atoms with Gasteiger partial charge in [-0.2, -0.15) is 13.2 Å². The number of alkyl halides is 3. The number of benzene rings is 2. The molecule has 0 saturated heterocycles. The van der Waals surface area contributed by atoms with Crippen LogP contribution in [0.15, 0.2) is 36.4 Å². The first-order valence-corrected chi connectivity index (χ1v) is 6.44. The lowest BCUT2D eigenvalue weighted by Gasteiger charge is -2.13. The molecule has 2 aromatic carbocycles. The topological polar surface area (TPSA) is 29.1 Å². The molecular formula is C16H13F4NO. The Morgan fingerprint density at radius 3 is 2.27 bits per heavy atom. The van der Waals surface area contributed by atoms with Crippen LogP contribution in [0.4, 0.5) is 23.2 Å². The summed E-state index contributed by atoms with van der Waals surface area (Å²) in [7, 11) is 0. The average Bonchev–Trinajstić information content (AvgIpc) is 2.42. The molecule has 0 aliphatic rings. The smallest absolute Gasteiger partial charge is 0.322 e. The molecule has 0 aliphatic carbocycles. The molecule has 0 unspecified atom stereocenters. The Morgan fingerprint density at radius 2 is 1.64 bits per heavy atom. The van der Waals surface area contributed by atoms with Crippen LogP contribution in [0.5, 0.6) is 0 Å². The van der Waals surface area contributed by atoms with Gasteiger partial charge in [0.1, 0.15) is 5.82 Å². The molecule has 0 heterocycles. The lowest BCUT2D eigenvalue weighted by atomic mass is 10.1. The number of hydrogen-bond acceptors (Lipinski definition) is 1. The van der Waals surface area contributed by atoms with E-state index < -0.39 is 23.5 Å². The van der Waals surface area contributed by atoms with Gasteiger partial charge in [-0.1, -0.05) is 12.1 Å². The summed E-state index contributed by atoms with van der Waals surface area (Å²) >= 11 is 0. The first-order valence-electron chi connectivity index (χ1n) is 6.44. The van der Waals surface area contributed by atoms with E-state index in [1.165, 1.54) is 31.2 Å². The largest absolute Gasteiger partial charge is 0.416 e. The summed E-state index contributed by atoms with van der Waals surface area (Å²) in [5, 5.41) is 2.36. The number of rotatable bonds is 2. The Balaban J connectivity index is 2.31. The van der Waals surface area contributed by atoms with E-state index in [9.17, 15) is 22.4 Å². The molecule has 2 aromatic rings. The van der Waals surface area contributed by atoms with E-state index in [1.54, 1.807) is 6.92 Å². The molecule has 0 radical (unpaired) electrons. The highest BCUT2D eigenvalue weighted by Crippen LogP contribution is 2.33. The molecule has 2 nitrogen and oxygen atoms in total. The van der Waals surface area contributed by atoms with E-state index in [0.717, 1.165) is 12.1 Å². The van der Waals surface area contributed by atoms with Gasteiger partial charge in [0.25, 0.3) is 5.91 Å². The van der Waals surface area contributed by atoms with E-state index >= 15 is 0 Å². The van der Waals surface area contributed by atoms with E-state index in [4.69, 9.17) is 0 Å². The van der Waals surface area contributed by atoms with Gasteiger partial charge < -0.3 is 5.32 Å². The van der Waals surface area contributed by atoms with Gasteiger partial charge in [-0.15, -0.1) is 0 Å². The molecule has 0 aromatic heterocycles. The number of aryl methyl sites for hydroxylation is 2. The van der Waals surface area contributed by atoms with Crippen LogP contribution >= 0.6 is 0 Å². The lowest BCUT2D eigenvalue weighted by Crippen LogP contribution is -2.15. The van der Waals surface area contributed by atoms with Crippen molar-refractivity contribution < 1.29 is 22.4 Å². The van der Waals surface area contributed by atoms with E-state index in [2.05, 4.69) is 5.32 Å². The van der Waals surface area contributed by atoms with Crippen molar-refractivity contribution in [1.82, 2.24) is 0 Å². The molecule has 1 N–H and O–H groups in total. The van der Waals surface area contributed by atoms with Crippen LogP contribution in [-0.4, -0.2) is 5.91 Å². The minimum Gasteiger partial charge on any atom is -0.322 e. The Labute approximate surface area is 124 Å². The number of halogens is 4. The highest BCUT2D eigenvalue weighted by atomic mass is 19.4. The van der Waals surface area contributed by atoms with Crippen LogP contribution in [0, 0.1) is 19.7 Å². The fraction of sp³-hybridized carbons (Fsp3) is 0.188. The van der Waals surface area contributed by atoms with Crippen LogP contribution in [0.3, 0.4) is 0 Å². The number of nitrogens with one attached hydrogen (secondary N) is 1. The Hall–Kier alpha value is -2.37. The third kappa shape index (κ3) is 3.44. The minimum absolute atomic E-state index is 0.00610. The molecule has 6 heteroatoms. The van der Waals surface area contributed by atoms with Crippen molar-refractivity contribution in [2.24, 2.45) is 0 Å². The zero-order chi connectivity index (χ0) is 16.5. The van der Waals surface area contributed by atoms with Gasteiger partial charge in [0.15, 0.2) is 0 Å². The van der Waals surface area contributed by atoms with Crippen LogP contribution in [0.2, 0.25) is 0 Å². The lowest BCUT2D eigenvalue weighted by molar-refractivity contribution is -0.138. The molecule has 1 amide bonds. The van der Waals surface area contributed by atoms with Crippen molar-refractivity contribution in [3.63, 3.8) is 0 Å². The molecule has 0 bridgehead atoms. The Kier molecular flexibility index (Phi) is 4.21. The highest BCUT2D eigenvalue weighted by molar-refractivity contribution is 6.05. The molecule has 116 valence electrons. The van der Waals surface area contributed by atoms with Crippen molar-refractivity contribution in [2.75, 3.05) is 5.32 Å². The summed E-state index contributed by atoms with van der Waals surface area (Å²) in [6, 6.07) is 7.19. The van der Waals surface area contributed by atoms with E-state index in [1.807, 2.05) is 0 Å². The van der Waals surface area contributed by atoms with Gasteiger partial charge in [0.05, 0.1) is 5.56 Å². The Morgan fingerprint density at radius 1 is 1.00 bits per heavy atom. The summed E-state index contributed by atoms with van der Waals surface area (Å²) in [6.45, 7) is 2.95. The molecular weight excluding hydrogens is 298 g/mol. The van der Waals surface area contributed by atoms with Crippen molar-refractivity contribution in [3.05, 3.63) is 64.5 Å². The number of anilines is 1. The van der Waals surface area contributed by atoms with Crippen molar-refractivity contribution >= 4 is 11.6 Å². The number of carbonyl (C=O) groups is 1. The maximum atomic E-state index is 13.2.